The van der Waals surface area contributed by atoms with Crippen LogP contribution in [0.2, 0.25) is 0 Å². The number of hydrogen-bond donors (Lipinski definition) is 0. The molecule has 0 radical (unpaired) electrons. The summed E-state index contributed by atoms with van der Waals surface area (Å²) in [6.45, 7) is 7.03. The fourth-order valence-corrected chi connectivity index (χ4v) is 3.90. The van der Waals surface area contributed by atoms with Gasteiger partial charge in [-0.2, -0.15) is 4.98 Å². The van der Waals surface area contributed by atoms with E-state index in [1.807, 2.05) is 0 Å². The Morgan fingerprint density at radius 3 is 2.41 bits per heavy atom. The largest absolute Gasteiger partial charge is 0.480 e. The van der Waals surface area contributed by atoms with Gasteiger partial charge < -0.3 is 14.5 Å². The Kier molecular flexibility index (Phi) is 5.41. The number of hydrogen-bond acceptors (Lipinski definition) is 5. The van der Waals surface area contributed by atoms with Crippen molar-refractivity contribution in [2.24, 2.45) is 0 Å². The van der Waals surface area contributed by atoms with E-state index in [1.54, 1.807) is 7.11 Å². The van der Waals surface area contributed by atoms with Crippen molar-refractivity contribution in [3.8, 4) is 5.88 Å². The standard InChI is InChI=1S/C16H25IN4O/c1-19-9-11-20(12-10-19)13-5-7-21(8-6-13)15-4-3-14(17)16(18-15)22-2/h3-4,13H,5-12H2,1-2H3. The van der Waals surface area contributed by atoms with Crippen LogP contribution in [0.15, 0.2) is 12.1 Å². The number of piperazine rings is 1. The number of nitrogens with zero attached hydrogens (tertiary/aromatic N) is 4. The van der Waals surface area contributed by atoms with Crippen molar-refractivity contribution >= 4 is 28.4 Å². The first-order valence-corrected chi connectivity index (χ1v) is 9.13. The number of pyridine rings is 1. The average molecular weight is 416 g/mol. The number of aromatic nitrogens is 1. The van der Waals surface area contributed by atoms with E-state index in [9.17, 15) is 0 Å². The Hall–Kier alpha value is -0.600. The van der Waals surface area contributed by atoms with Gasteiger partial charge in [0, 0.05) is 45.3 Å². The van der Waals surface area contributed by atoms with Gasteiger partial charge in [-0.1, -0.05) is 0 Å². The molecule has 1 aromatic heterocycles. The molecule has 0 unspecified atom stereocenters. The van der Waals surface area contributed by atoms with Crippen molar-refractivity contribution in [1.82, 2.24) is 14.8 Å². The summed E-state index contributed by atoms with van der Waals surface area (Å²) >= 11 is 2.27. The van der Waals surface area contributed by atoms with E-state index in [0.29, 0.717) is 0 Å². The van der Waals surface area contributed by atoms with Gasteiger partial charge in [-0.15, -0.1) is 0 Å². The Morgan fingerprint density at radius 2 is 1.77 bits per heavy atom. The van der Waals surface area contributed by atoms with Crippen molar-refractivity contribution in [2.75, 3.05) is 58.3 Å². The zero-order valence-electron chi connectivity index (χ0n) is 13.5. The number of anilines is 1. The molecule has 3 heterocycles. The minimum atomic E-state index is 0.735. The van der Waals surface area contributed by atoms with Crippen LogP contribution in [-0.2, 0) is 0 Å². The van der Waals surface area contributed by atoms with Gasteiger partial charge in [-0.3, -0.25) is 4.90 Å². The summed E-state index contributed by atoms with van der Waals surface area (Å²) in [5.41, 5.74) is 0. The predicted octanol–water partition coefficient (Wildman–Crippen LogP) is 1.91. The van der Waals surface area contributed by atoms with Crippen LogP contribution < -0.4 is 9.64 Å². The second-order valence-corrected chi connectivity index (χ2v) is 7.38. The molecule has 122 valence electrons. The van der Waals surface area contributed by atoms with Crippen molar-refractivity contribution in [3.63, 3.8) is 0 Å². The molecule has 2 aliphatic rings. The van der Waals surface area contributed by atoms with Crippen LogP contribution in [0.4, 0.5) is 5.82 Å². The number of halogens is 1. The first-order valence-electron chi connectivity index (χ1n) is 8.05. The summed E-state index contributed by atoms with van der Waals surface area (Å²) in [6, 6.07) is 4.95. The first-order chi connectivity index (χ1) is 10.7. The number of ether oxygens (including phenoxy) is 1. The van der Waals surface area contributed by atoms with Crippen molar-refractivity contribution in [2.45, 2.75) is 18.9 Å². The number of piperidine rings is 1. The lowest BCUT2D eigenvalue weighted by molar-refractivity contribution is 0.0981. The quantitative estimate of drug-likeness (QED) is 0.704. The molecular weight excluding hydrogens is 391 g/mol. The molecule has 3 rings (SSSR count). The fraction of sp³-hybridized carbons (Fsp3) is 0.688. The SMILES string of the molecule is COc1nc(N2CCC(N3CCN(C)CC3)CC2)ccc1I. The monoisotopic (exact) mass is 416 g/mol. The minimum absolute atomic E-state index is 0.735. The highest BCUT2D eigenvalue weighted by atomic mass is 127. The topological polar surface area (TPSA) is 31.8 Å². The summed E-state index contributed by atoms with van der Waals surface area (Å²) in [5.74, 6) is 1.79. The lowest BCUT2D eigenvalue weighted by Gasteiger charge is -2.42. The molecule has 22 heavy (non-hydrogen) atoms. The Labute approximate surface area is 146 Å². The Morgan fingerprint density at radius 1 is 1.09 bits per heavy atom. The first kappa shape index (κ1) is 16.3. The minimum Gasteiger partial charge on any atom is -0.480 e. The molecule has 2 aliphatic heterocycles. The normalized spacial score (nSPS) is 22.0. The Balaban J connectivity index is 1.57. The van der Waals surface area contributed by atoms with Gasteiger partial charge in [0.05, 0.1) is 10.7 Å². The number of likely N-dealkylation sites (N-methyl/N-ethyl adjacent to an activating group) is 1. The van der Waals surface area contributed by atoms with Crippen molar-refractivity contribution < 1.29 is 4.74 Å². The Bertz CT molecular complexity index is 497. The summed E-state index contributed by atoms with van der Waals surface area (Å²) < 4.78 is 6.41. The smallest absolute Gasteiger partial charge is 0.228 e. The molecular formula is C16H25IN4O. The molecule has 0 aromatic carbocycles. The summed E-state index contributed by atoms with van der Waals surface area (Å²) in [5, 5.41) is 0. The molecule has 0 aliphatic carbocycles. The van der Waals surface area contributed by atoms with Gasteiger partial charge in [-0.05, 0) is 54.6 Å². The van der Waals surface area contributed by atoms with Crippen LogP contribution in [0, 0.1) is 3.57 Å². The van der Waals surface area contributed by atoms with Gasteiger partial charge in [-0.25, -0.2) is 0 Å². The van der Waals surface area contributed by atoms with Gasteiger partial charge in [0.15, 0.2) is 0 Å². The van der Waals surface area contributed by atoms with Crippen LogP contribution in [0.5, 0.6) is 5.88 Å². The molecule has 2 saturated heterocycles. The maximum Gasteiger partial charge on any atom is 0.228 e. The highest BCUT2D eigenvalue weighted by Gasteiger charge is 2.27. The zero-order valence-corrected chi connectivity index (χ0v) is 15.6. The number of methoxy groups -OCH3 is 1. The third-order valence-corrected chi connectivity index (χ3v) is 5.66. The zero-order chi connectivity index (χ0) is 15.5. The third kappa shape index (κ3) is 3.65. The van der Waals surface area contributed by atoms with E-state index >= 15 is 0 Å². The lowest BCUT2D eigenvalue weighted by atomic mass is 10.0. The van der Waals surface area contributed by atoms with Gasteiger partial charge in [0.25, 0.3) is 0 Å². The van der Waals surface area contributed by atoms with Crippen molar-refractivity contribution in [1.29, 1.82) is 0 Å². The van der Waals surface area contributed by atoms with Gasteiger partial charge in [0.2, 0.25) is 5.88 Å². The highest BCUT2D eigenvalue weighted by Crippen LogP contribution is 2.26. The fourth-order valence-electron chi connectivity index (χ4n) is 3.38. The maximum atomic E-state index is 5.34. The van der Waals surface area contributed by atoms with Crippen LogP contribution in [0.3, 0.4) is 0 Å². The molecule has 0 amide bonds. The lowest BCUT2D eigenvalue weighted by Crippen LogP contribution is -2.52. The van der Waals surface area contributed by atoms with E-state index in [4.69, 9.17) is 4.74 Å². The molecule has 0 saturated carbocycles. The highest BCUT2D eigenvalue weighted by molar-refractivity contribution is 14.1. The van der Waals surface area contributed by atoms with Crippen LogP contribution in [0.25, 0.3) is 0 Å². The third-order valence-electron chi connectivity index (χ3n) is 4.84. The second kappa shape index (κ2) is 7.31. The second-order valence-electron chi connectivity index (χ2n) is 6.22. The maximum absolute atomic E-state index is 5.34. The molecule has 0 atom stereocenters. The molecule has 1 aromatic rings. The average Bonchev–Trinajstić information content (AvgIpc) is 2.56. The van der Waals surface area contributed by atoms with Gasteiger partial charge >= 0.3 is 0 Å². The molecule has 0 spiro atoms. The van der Waals surface area contributed by atoms with Crippen LogP contribution in [0.1, 0.15) is 12.8 Å². The van der Waals surface area contributed by atoms with E-state index in [1.165, 1.54) is 39.0 Å². The molecule has 0 bridgehead atoms. The van der Waals surface area contributed by atoms with E-state index in [2.05, 4.69) is 61.5 Å². The molecule has 6 heteroatoms. The van der Waals surface area contributed by atoms with Crippen LogP contribution >= 0.6 is 22.6 Å². The van der Waals surface area contributed by atoms with Crippen LogP contribution in [-0.4, -0.2) is 74.3 Å². The summed E-state index contributed by atoms with van der Waals surface area (Å²) in [7, 11) is 3.91. The predicted molar refractivity (Wildman–Crippen MR) is 97.8 cm³/mol. The van der Waals surface area contributed by atoms with E-state index in [0.717, 1.165) is 34.4 Å². The molecule has 5 nitrogen and oxygen atoms in total. The van der Waals surface area contributed by atoms with E-state index < -0.39 is 0 Å². The number of rotatable bonds is 3. The molecule has 0 N–H and O–H groups in total. The van der Waals surface area contributed by atoms with E-state index in [-0.39, 0.29) is 0 Å². The molecule has 2 fully saturated rings. The summed E-state index contributed by atoms with van der Waals surface area (Å²) in [6.07, 6.45) is 2.47. The van der Waals surface area contributed by atoms with Gasteiger partial charge in [0.1, 0.15) is 5.82 Å². The van der Waals surface area contributed by atoms with Crippen molar-refractivity contribution in [3.05, 3.63) is 15.7 Å². The summed E-state index contributed by atoms with van der Waals surface area (Å²) in [4.78, 5) is 12.1.